The Balaban J connectivity index is 0.000000201. The monoisotopic (exact) mass is 1040 g/mol. The van der Waals surface area contributed by atoms with Crippen molar-refractivity contribution in [2.24, 2.45) is 0 Å². The fraction of sp³-hybridized carbons (Fsp3) is 0.240. The van der Waals surface area contributed by atoms with Crippen LogP contribution in [0.4, 0.5) is 0 Å². The van der Waals surface area contributed by atoms with E-state index < -0.39 is 77.4 Å². The van der Waals surface area contributed by atoms with Crippen LogP contribution in [-0.4, -0.2) is 83.8 Å². The summed E-state index contributed by atoms with van der Waals surface area (Å²) in [6, 6.07) is 33.7. The molecule has 3 N–H and O–H groups in total. The first-order valence-electron chi connectivity index (χ1n) is 21.2. The Morgan fingerprint density at radius 1 is 0.618 bits per heavy atom. The highest BCUT2D eigenvalue weighted by atomic mass is 127. The lowest BCUT2D eigenvalue weighted by Crippen LogP contribution is -2.39. The van der Waals surface area contributed by atoms with E-state index in [9.17, 15) is 33.9 Å². The van der Waals surface area contributed by atoms with Gasteiger partial charge in [0.25, 0.3) is 11.1 Å². The van der Waals surface area contributed by atoms with Crippen LogP contribution in [0.1, 0.15) is 44.3 Å². The summed E-state index contributed by atoms with van der Waals surface area (Å²) in [5, 5.41) is 10.7. The molecule has 4 aromatic carbocycles. The number of carbonyl (C=O) groups excluding carboxylic acids is 2. The SMILES string of the molecule is C=CO[C@@H]1[C@@H](I)[C@@H](COC(=O)c2ccc(-c3ccccc3)cc2)O[C@H]1n1cc(C)c(=O)[nH]c1=O.C=CO[C@@H]1[C@H](O)[C@@H](COC(=O)c2ccc(-c3ccccc3)cc2)O[C@H]1n1cc(C)c(=O)[nH]c1=O. The highest BCUT2D eigenvalue weighted by Gasteiger charge is 2.48. The number of halogens is 1. The number of ether oxygens (including phenoxy) is 6. The first-order valence-corrected chi connectivity index (χ1v) is 22.5. The van der Waals surface area contributed by atoms with Gasteiger partial charge in [-0.1, -0.05) is 121 Å². The van der Waals surface area contributed by atoms with E-state index in [0.29, 0.717) is 16.7 Å². The summed E-state index contributed by atoms with van der Waals surface area (Å²) in [5.41, 5.74) is 3.13. The molecule has 2 fully saturated rings. The van der Waals surface area contributed by atoms with Gasteiger partial charge in [0.1, 0.15) is 31.5 Å². The molecule has 2 aromatic heterocycles. The van der Waals surface area contributed by atoms with Crippen molar-refractivity contribution in [1.29, 1.82) is 0 Å². The van der Waals surface area contributed by atoms with E-state index in [2.05, 4.69) is 45.7 Å². The predicted octanol–water partition coefficient (Wildman–Crippen LogP) is 5.75. The number of hydrogen-bond donors (Lipinski definition) is 3. The third-order valence-corrected chi connectivity index (χ3v) is 12.6. The molecule has 0 saturated carbocycles. The molecule has 2 aliphatic heterocycles. The second-order valence-corrected chi connectivity index (χ2v) is 17.1. The van der Waals surface area contributed by atoms with Gasteiger partial charge in [-0.25, -0.2) is 19.2 Å². The summed E-state index contributed by atoms with van der Waals surface area (Å²) in [5.74, 6) is -1.06. The van der Waals surface area contributed by atoms with Gasteiger partial charge in [-0.05, 0) is 60.4 Å². The highest BCUT2D eigenvalue weighted by Crippen LogP contribution is 2.36. The van der Waals surface area contributed by atoms with Crippen LogP contribution in [0.25, 0.3) is 22.3 Å². The lowest BCUT2D eigenvalue weighted by molar-refractivity contribution is -0.0612. The number of aromatic amines is 2. The molecule has 2 saturated heterocycles. The minimum absolute atomic E-state index is 0.0303. The summed E-state index contributed by atoms with van der Waals surface area (Å²) in [6.07, 6.45) is -1.06. The molecule has 352 valence electrons. The van der Waals surface area contributed by atoms with Crippen molar-refractivity contribution in [3.8, 4) is 22.3 Å². The van der Waals surface area contributed by atoms with Crippen LogP contribution < -0.4 is 22.5 Å². The zero-order chi connectivity index (χ0) is 48.5. The van der Waals surface area contributed by atoms with E-state index in [-0.39, 0.29) is 22.7 Å². The largest absolute Gasteiger partial charge is 0.493 e. The van der Waals surface area contributed by atoms with Gasteiger partial charge in [-0.2, -0.15) is 0 Å². The number of alkyl halides is 1. The van der Waals surface area contributed by atoms with Crippen molar-refractivity contribution in [3.63, 3.8) is 0 Å². The van der Waals surface area contributed by atoms with Crippen molar-refractivity contribution in [1.82, 2.24) is 19.1 Å². The summed E-state index contributed by atoms with van der Waals surface area (Å²) in [4.78, 5) is 77.7. The Morgan fingerprint density at radius 2 is 1.00 bits per heavy atom. The van der Waals surface area contributed by atoms with Gasteiger partial charge in [-0.3, -0.25) is 28.7 Å². The van der Waals surface area contributed by atoms with Crippen LogP contribution in [-0.2, 0) is 28.4 Å². The third-order valence-electron chi connectivity index (χ3n) is 11.1. The van der Waals surface area contributed by atoms with Gasteiger partial charge in [0, 0.05) is 23.5 Å². The Morgan fingerprint density at radius 3 is 1.44 bits per heavy atom. The molecule has 6 aromatic rings. The van der Waals surface area contributed by atoms with Crippen LogP contribution >= 0.6 is 22.6 Å². The fourth-order valence-corrected chi connectivity index (χ4v) is 8.44. The smallest absolute Gasteiger partial charge is 0.338 e. The molecule has 0 spiro atoms. The number of rotatable bonds is 14. The van der Waals surface area contributed by atoms with Gasteiger partial charge in [-0.15, -0.1) is 0 Å². The number of aromatic nitrogens is 4. The average Bonchev–Trinajstić information content (AvgIpc) is 3.83. The number of aliphatic hydroxyl groups is 1. The van der Waals surface area contributed by atoms with Gasteiger partial charge in [0.15, 0.2) is 24.7 Å². The number of nitrogens with zero attached hydrogens (tertiary/aromatic N) is 2. The number of H-pyrrole nitrogens is 2. The number of esters is 2. The van der Waals surface area contributed by atoms with E-state index in [1.165, 1.54) is 30.1 Å². The predicted molar refractivity (Wildman–Crippen MR) is 258 cm³/mol. The molecule has 68 heavy (non-hydrogen) atoms. The van der Waals surface area contributed by atoms with Crippen LogP contribution in [0.5, 0.6) is 0 Å². The topological polar surface area (TPSA) is 219 Å². The number of aliphatic hydroxyl groups excluding tert-OH is 1. The summed E-state index contributed by atoms with van der Waals surface area (Å²) in [6.45, 7) is 9.91. The van der Waals surface area contributed by atoms with Gasteiger partial charge in [0.05, 0.1) is 27.6 Å². The number of hydrogen-bond acceptors (Lipinski definition) is 13. The van der Waals surface area contributed by atoms with Crippen molar-refractivity contribution >= 4 is 34.5 Å². The Labute approximate surface area is 402 Å². The molecule has 2 aliphatic rings. The van der Waals surface area contributed by atoms with Gasteiger partial charge < -0.3 is 33.5 Å². The van der Waals surface area contributed by atoms with Gasteiger partial charge >= 0.3 is 23.3 Å². The molecule has 18 heteroatoms. The number of aryl methyl sites for hydroxylation is 2. The third kappa shape index (κ3) is 11.2. The number of benzene rings is 4. The van der Waals surface area contributed by atoms with Crippen molar-refractivity contribution < 1.29 is 43.1 Å². The Bertz CT molecular complexity index is 2770. The molecule has 0 amide bonds. The minimum Gasteiger partial charge on any atom is -0.493 e. The molecule has 0 aliphatic carbocycles. The molecule has 0 unspecified atom stereocenters. The fourth-order valence-electron chi connectivity index (χ4n) is 7.54. The Kier molecular flexibility index (Phi) is 15.9. The second-order valence-electron chi connectivity index (χ2n) is 15.6. The molecule has 8 atom stereocenters. The quantitative estimate of drug-likeness (QED) is 0.0513. The molecule has 0 bridgehead atoms. The van der Waals surface area contributed by atoms with Crippen molar-refractivity contribution in [2.45, 2.75) is 60.7 Å². The molecule has 4 heterocycles. The summed E-state index contributed by atoms with van der Waals surface area (Å²) >= 11 is 2.14. The van der Waals surface area contributed by atoms with E-state index in [0.717, 1.165) is 33.1 Å². The number of nitrogens with one attached hydrogen (secondary N) is 2. The van der Waals surface area contributed by atoms with Crippen LogP contribution in [0.15, 0.2) is 166 Å². The molecule has 17 nitrogen and oxygen atoms in total. The average molecular weight is 1040 g/mol. The lowest BCUT2D eigenvalue weighted by atomic mass is 10.0. The summed E-state index contributed by atoms with van der Waals surface area (Å²) < 4.78 is 35.9. The van der Waals surface area contributed by atoms with Crippen LogP contribution in [0.2, 0.25) is 0 Å². The minimum atomic E-state index is -1.23. The first kappa shape index (κ1) is 48.8. The van der Waals surface area contributed by atoms with Crippen molar-refractivity contribution in [3.05, 3.63) is 211 Å². The highest BCUT2D eigenvalue weighted by molar-refractivity contribution is 14.1. The maximum absolute atomic E-state index is 12.6. The number of carbonyl (C=O) groups is 2. The first-order chi connectivity index (χ1) is 32.8. The van der Waals surface area contributed by atoms with Crippen molar-refractivity contribution in [2.75, 3.05) is 13.2 Å². The molecular weight excluding hydrogens is 991 g/mol. The molecular formula is C50H47IN4O13. The van der Waals surface area contributed by atoms with E-state index in [4.69, 9.17) is 28.4 Å². The van der Waals surface area contributed by atoms with Crippen LogP contribution in [0, 0.1) is 13.8 Å². The maximum Gasteiger partial charge on any atom is 0.338 e. The zero-order valence-electron chi connectivity index (χ0n) is 36.8. The zero-order valence-corrected chi connectivity index (χ0v) is 38.9. The lowest BCUT2D eigenvalue weighted by Gasteiger charge is -2.21. The summed E-state index contributed by atoms with van der Waals surface area (Å²) in [7, 11) is 0. The van der Waals surface area contributed by atoms with Crippen LogP contribution in [0.3, 0.4) is 0 Å². The molecule has 0 radical (unpaired) electrons. The standard InChI is InChI=1S/C25H23IN2O6.C25H24N2O7/c1-3-32-21-20(26)19(34-23(21)28-13-15(2)22(29)27-25(28)31)14-33-24(30)18-11-9-17(10-12-18)16-7-5-4-6-8-16;1-3-32-21-20(28)19(34-23(21)27-13-15(2)22(29)26-25(27)31)14-33-24(30)18-11-9-17(10-12-18)16-7-5-4-6-8-16/h3-13,19-21,23H,1,14H2,2H3,(H,27,29,31);3-13,19-21,23,28H,1,14H2,2H3,(H,26,29,31)/t19-,20+,21-,23-;19-,20-,21-,23-/m11/s1. The van der Waals surface area contributed by atoms with E-state index >= 15 is 0 Å². The Hall–Kier alpha value is -7.13. The molecule has 8 rings (SSSR count). The van der Waals surface area contributed by atoms with E-state index in [1.807, 2.05) is 84.9 Å². The van der Waals surface area contributed by atoms with Gasteiger partial charge in [0.2, 0.25) is 0 Å². The second kappa shape index (κ2) is 22.1. The van der Waals surface area contributed by atoms with E-state index in [1.54, 1.807) is 31.2 Å². The maximum atomic E-state index is 12.6. The normalized spacial score (nSPS) is 21.7.